The molecule has 8 nitrogen and oxygen atoms in total. The molecule has 114 valence electrons. The average molecular weight is 303 g/mol. The normalized spacial score (nSPS) is 10.0. The number of anilines is 2. The first-order chi connectivity index (χ1) is 10.5. The van der Waals surface area contributed by atoms with Gasteiger partial charge in [-0.05, 0) is 18.2 Å². The number of rotatable bonds is 4. The highest BCUT2D eigenvalue weighted by Gasteiger charge is 2.26. The summed E-state index contributed by atoms with van der Waals surface area (Å²) in [5, 5.41) is 21.0. The molecule has 0 radical (unpaired) electrons. The van der Waals surface area contributed by atoms with E-state index in [-0.39, 0.29) is 11.4 Å². The van der Waals surface area contributed by atoms with E-state index in [0.717, 1.165) is 11.0 Å². The van der Waals surface area contributed by atoms with Crippen LogP contribution < -0.4 is 15.4 Å². The van der Waals surface area contributed by atoms with Gasteiger partial charge >= 0.3 is 11.7 Å². The third kappa shape index (κ3) is 2.62. The molecule has 0 heterocycles. The molecule has 0 saturated carbocycles. The smallest absolute Gasteiger partial charge is 0.324 e. The molecule has 0 aliphatic carbocycles. The number of ether oxygens (including phenoxy) is 1. The zero-order chi connectivity index (χ0) is 16.3. The molecule has 2 aromatic rings. The predicted octanol–water partition coefficient (Wildman–Crippen LogP) is 2.53. The van der Waals surface area contributed by atoms with Gasteiger partial charge in [0.15, 0.2) is 0 Å². The number of benzene rings is 2. The van der Waals surface area contributed by atoms with Crippen molar-refractivity contribution in [3.8, 4) is 11.5 Å². The van der Waals surface area contributed by atoms with Gasteiger partial charge in [0, 0.05) is 6.07 Å². The number of hydrogen-bond acceptors (Lipinski definition) is 5. The van der Waals surface area contributed by atoms with Crippen molar-refractivity contribution in [3.63, 3.8) is 0 Å². The van der Waals surface area contributed by atoms with Crippen molar-refractivity contribution in [2.75, 3.05) is 12.0 Å². The van der Waals surface area contributed by atoms with E-state index in [1.54, 1.807) is 24.3 Å². The van der Waals surface area contributed by atoms with Gasteiger partial charge < -0.3 is 15.6 Å². The maximum Gasteiger partial charge on any atom is 0.324 e. The van der Waals surface area contributed by atoms with Crippen LogP contribution >= 0.6 is 0 Å². The number of phenols is 1. The number of nitrogens with zero attached hydrogens (tertiary/aromatic N) is 2. The van der Waals surface area contributed by atoms with Crippen LogP contribution in [0.1, 0.15) is 0 Å². The van der Waals surface area contributed by atoms with Crippen LogP contribution in [0.5, 0.6) is 11.5 Å². The minimum atomic E-state index is -0.916. The molecular weight excluding hydrogens is 290 g/mol. The highest BCUT2D eigenvalue weighted by atomic mass is 16.6. The fourth-order valence-corrected chi connectivity index (χ4v) is 2.03. The topological polar surface area (TPSA) is 119 Å². The molecule has 0 aromatic heterocycles. The lowest BCUT2D eigenvalue weighted by molar-refractivity contribution is -0.385. The van der Waals surface area contributed by atoms with Crippen LogP contribution in [0.4, 0.5) is 21.9 Å². The Hall–Kier alpha value is -3.29. The van der Waals surface area contributed by atoms with Crippen LogP contribution in [-0.2, 0) is 0 Å². The van der Waals surface area contributed by atoms with E-state index in [9.17, 15) is 20.0 Å². The molecular formula is C14H13N3O5. The van der Waals surface area contributed by atoms with Gasteiger partial charge in [0.1, 0.15) is 5.75 Å². The zero-order valence-electron chi connectivity index (χ0n) is 11.6. The summed E-state index contributed by atoms with van der Waals surface area (Å²) in [6, 6.07) is 9.37. The summed E-state index contributed by atoms with van der Waals surface area (Å²) in [5.74, 6) is -0.329. The number of phenolic OH excluding ortho intramolecular Hbond substituents is 1. The van der Waals surface area contributed by atoms with Gasteiger partial charge in [-0.3, -0.25) is 15.0 Å². The first-order valence-corrected chi connectivity index (χ1v) is 6.16. The standard InChI is InChI=1S/C14H13N3O5/c1-22-12-8-3-2-5-9(12)16(14(15)19)10-6-4-7-11(13(10)18)17(20)21/h2-8,18H,1H3,(H2,15,19). The number of para-hydroxylation sites is 3. The summed E-state index contributed by atoms with van der Waals surface area (Å²) in [6.45, 7) is 0. The summed E-state index contributed by atoms with van der Waals surface area (Å²) in [7, 11) is 1.41. The predicted molar refractivity (Wildman–Crippen MR) is 79.5 cm³/mol. The Labute approximate surface area is 125 Å². The summed E-state index contributed by atoms with van der Waals surface area (Å²) >= 11 is 0. The fourth-order valence-electron chi connectivity index (χ4n) is 2.03. The van der Waals surface area contributed by atoms with Crippen molar-refractivity contribution >= 4 is 23.1 Å². The van der Waals surface area contributed by atoms with E-state index in [2.05, 4.69) is 0 Å². The molecule has 0 aliphatic rings. The quantitative estimate of drug-likeness (QED) is 0.664. The Balaban J connectivity index is 2.66. The van der Waals surface area contributed by atoms with Crippen LogP contribution in [0.15, 0.2) is 42.5 Å². The first-order valence-electron chi connectivity index (χ1n) is 6.16. The van der Waals surface area contributed by atoms with E-state index >= 15 is 0 Å². The minimum Gasteiger partial charge on any atom is -0.501 e. The summed E-state index contributed by atoms with van der Waals surface area (Å²) in [4.78, 5) is 22.9. The van der Waals surface area contributed by atoms with Gasteiger partial charge in [-0.15, -0.1) is 0 Å². The second-order valence-electron chi connectivity index (χ2n) is 4.25. The molecule has 0 fully saturated rings. The van der Waals surface area contributed by atoms with Crippen LogP contribution in [-0.4, -0.2) is 23.2 Å². The lowest BCUT2D eigenvalue weighted by Crippen LogP contribution is -2.31. The Morgan fingerprint density at radius 2 is 1.86 bits per heavy atom. The largest absolute Gasteiger partial charge is 0.501 e. The number of carbonyl (C=O) groups is 1. The number of amides is 2. The fraction of sp³-hybridized carbons (Fsp3) is 0.0714. The first kappa shape index (κ1) is 15.1. The monoisotopic (exact) mass is 303 g/mol. The van der Waals surface area contributed by atoms with Gasteiger partial charge in [-0.1, -0.05) is 18.2 Å². The zero-order valence-corrected chi connectivity index (χ0v) is 11.6. The lowest BCUT2D eigenvalue weighted by atomic mass is 10.2. The van der Waals surface area contributed by atoms with Crippen LogP contribution in [0.3, 0.4) is 0 Å². The molecule has 0 bridgehead atoms. The number of hydrogen-bond donors (Lipinski definition) is 2. The van der Waals surface area contributed by atoms with Gasteiger partial charge in [0.2, 0.25) is 5.75 Å². The van der Waals surface area contributed by atoms with Crippen LogP contribution in [0.25, 0.3) is 0 Å². The Kier molecular flexibility index (Phi) is 4.12. The number of nitrogens with two attached hydrogens (primary N) is 1. The molecule has 2 rings (SSSR count). The van der Waals surface area contributed by atoms with E-state index in [1.807, 2.05) is 0 Å². The van der Waals surface area contributed by atoms with Crippen LogP contribution in [0, 0.1) is 10.1 Å². The Bertz CT molecular complexity index is 732. The number of nitro groups is 1. The van der Waals surface area contributed by atoms with Crippen molar-refractivity contribution in [1.29, 1.82) is 0 Å². The molecule has 0 aliphatic heterocycles. The maximum absolute atomic E-state index is 11.8. The number of carbonyl (C=O) groups excluding carboxylic acids is 1. The number of primary amides is 1. The van der Waals surface area contributed by atoms with E-state index in [1.165, 1.54) is 19.2 Å². The summed E-state index contributed by atoms with van der Waals surface area (Å²) in [6.07, 6.45) is 0. The third-order valence-corrected chi connectivity index (χ3v) is 2.98. The Morgan fingerprint density at radius 1 is 1.23 bits per heavy atom. The molecule has 2 aromatic carbocycles. The van der Waals surface area contributed by atoms with Crippen molar-refractivity contribution in [1.82, 2.24) is 0 Å². The highest BCUT2D eigenvalue weighted by Crippen LogP contribution is 2.41. The van der Waals surface area contributed by atoms with Crippen molar-refractivity contribution in [3.05, 3.63) is 52.6 Å². The van der Waals surface area contributed by atoms with Gasteiger partial charge in [0.05, 0.1) is 23.4 Å². The highest BCUT2D eigenvalue weighted by molar-refractivity contribution is 6.01. The van der Waals surface area contributed by atoms with E-state index in [4.69, 9.17) is 10.5 Å². The number of methoxy groups -OCH3 is 1. The van der Waals surface area contributed by atoms with Crippen molar-refractivity contribution in [2.24, 2.45) is 5.73 Å². The molecule has 2 amide bonds. The molecule has 3 N–H and O–H groups in total. The summed E-state index contributed by atoms with van der Waals surface area (Å²) < 4.78 is 5.15. The van der Waals surface area contributed by atoms with E-state index < -0.39 is 22.4 Å². The third-order valence-electron chi connectivity index (χ3n) is 2.98. The number of nitro benzene ring substituents is 1. The van der Waals surface area contributed by atoms with Crippen molar-refractivity contribution in [2.45, 2.75) is 0 Å². The molecule has 0 spiro atoms. The molecule has 0 unspecified atom stereocenters. The number of aromatic hydroxyl groups is 1. The maximum atomic E-state index is 11.8. The molecule has 0 atom stereocenters. The average Bonchev–Trinajstić information content (AvgIpc) is 2.49. The Morgan fingerprint density at radius 3 is 2.45 bits per heavy atom. The SMILES string of the molecule is COc1ccccc1N(C(N)=O)c1cccc([N+](=O)[O-])c1O. The second-order valence-corrected chi connectivity index (χ2v) is 4.25. The number of urea groups is 1. The van der Waals surface area contributed by atoms with E-state index in [0.29, 0.717) is 5.75 Å². The van der Waals surface area contributed by atoms with Gasteiger partial charge in [-0.25, -0.2) is 4.79 Å². The molecule has 22 heavy (non-hydrogen) atoms. The minimum absolute atomic E-state index is 0.105. The molecule has 0 saturated heterocycles. The molecule has 8 heteroatoms. The van der Waals surface area contributed by atoms with Gasteiger partial charge in [-0.2, -0.15) is 0 Å². The van der Waals surface area contributed by atoms with Crippen LogP contribution in [0.2, 0.25) is 0 Å². The summed E-state index contributed by atoms with van der Waals surface area (Å²) in [5.41, 5.74) is 4.99. The van der Waals surface area contributed by atoms with Crippen molar-refractivity contribution < 1.29 is 19.6 Å². The second kappa shape index (κ2) is 6.00. The van der Waals surface area contributed by atoms with Gasteiger partial charge in [0.25, 0.3) is 0 Å². The lowest BCUT2D eigenvalue weighted by Gasteiger charge is -2.23.